The summed E-state index contributed by atoms with van der Waals surface area (Å²) in [4.78, 5) is 14.4. The number of rotatable bonds is 6. The molecule has 5 heteroatoms. The standard InChI is InChI=1S/C16H24N2O3/c1-12-14(7-8-17-12)16(20)18(9-10-19)11-13-5-3-4-6-15(13)21-2/h3-6,12,14,17,19H,7-11H2,1-2H3. The minimum atomic E-state index is -0.0323. The number of aliphatic hydroxyl groups is 1. The number of ether oxygens (including phenoxy) is 1. The molecule has 1 aromatic carbocycles. The van der Waals surface area contributed by atoms with Crippen molar-refractivity contribution in [3.05, 3.63) is 29.8 Å². The second-order valence-electron chi connectivity index (χ2n) is 5.43. The average Bonchev–Trinajstić information content (AvgIpc) is 2.92. The van der Waals surface area contributed by atoms with Crippen LogP contribution in [0.4, 0.5) is 0 Å². The van der Waals surface area contributed by atoms with Crippen LogP contribution in [-0.2, 0) is 11.3 Å². The molecule has 21 heavy (non-hydrogen) atoms. The molecule has 0 aliphatic carbocycles. The molecule has 1 amide bonds. The molecule has 2 rings (SSSR count). The maximum Gasteiger partial charge on any atom is 0.227 e. The maximum absolute atomic E-state index is 12.7. The van der Waals surface area contributed by atoms with E-state index in [0.717, 1.165) is 24.3 Å². The van der Waals surface area contributed by atoms with Crippen LogP contribution >= 0.6 is 0 Å². The van der Waals surface area contributed by atoms with Crippen LogP contribution in [0.5, 0.6) is 5.75 Å². The van der Waals surface area contributed by atoms with Gasteiger partial charge in [-0.05, 0) is 26.0 Å². The Kier molecular flexibility index (Phi) is 5.59. The zero-order chi connectivity index (χ0) is 15.2. The van der Waals surface area contributed by atoms with Gasteiger partial charge < -0.3 is 20.1 Å². The van der Waals surface area contributed by atoms with Gasteiger partial charge in [-0.25, -0.2) is 0 Å². The van der Waals surface area contributed by atoms with Crippen LogP contribution in [0.25, 0.3) is 0 Å². The van der Waals surface area contributed by atoms with Gasteiger partial charge in [0.15, 0.2) is 0 Å². The Morgan fingerprint density at radius 1 is 1.48 bits per heavy atom. The van der Waals surface area contributed by atoms with Crippen LogP contribution in [-0.4, -0.2) is 48.8 Å². The Morgan fingerprint density at radius 3 is 2.86 bits per heavy atom. The quantitative estimate of drug-likeness (QED) is 0.821. The van der Waals surface area contributed by atoms with E-state index in [-0.39, 0.29) is 24.5 Å². The van der Waals surface area contributed by atoms with E-state index in [4.69, 9.17) is 4.74 Å². The highest BCUT2D eigenvalue weighted by Gasteiger charge is 2.32. The summed E-state index contributed by atoms with van der Waals surface area (Å²) in [6.07, 6.45) is 0.855. The Morgan fingerprint density at radius 2 is 2.24 bits per heavy atom. The summed E-state index contributed by atoms with van der Waals surface area (Å²) in [7, 11) is 1.63. The van der Waals surface area contributed by atoms with Crippen LogP contribution in [0.1, 0.15) is 18.9 Å². The predicted octanol–water partition coefficient (Wildman–Crippen LogP) is 1.01. The SMILES string of the molecule is COc1ccccc1CN(CCO)C(=O)C1CCNC1C. The molecular formula is C16H24N2O3. The van der Waals surface area contributed by atoms with E-state index in [1.165, 1.54) is 0 Å². The highest BCUT2D eigenvalue weighted by molar-refractivity contribution is 5.80. The molecule has 1 aliphatic heterocycles. The lowest BCUT2D eigenvalue weighted by Gasteiger charge is -2.27. The number of nitrogens with one attached hydrogen (secondary N) is 1. The third-order valence-corrected chi connectivity index (χ3v) is 4.08. The van der Waals surface area contributed by atoms with E-state index in [0.29, 0.717) is 13.1 Å². The van der Waals surface area contributed by atoms with E-state index in [1.807, 2.05) is 31.2 Å². The van der Waals surface area contributed by atoms with Crippen molar-refractivity contribution in [1.29, 1.82) is 0 Å². The molecule has 0 spiro atoms. The maximum atomic E-state index is 12.7. The van der Waals surface area contributed by atoms with Crippen LogP contribution in [0.2, 0.25) is 0 Å². The second kappa shape index (κ2) is 7.43. The number of aliphatic hydroxyl groups excluding tert-OH is 1. The summed E-state index contributed by atoms with van der Waals surface area (Å²) in [6, 6.07) is 7.86. The van der Waals surface area contributed by atoms with E-state index >= 15 is 0 Å². The van der Waals surface area contributed by atoms with Crippen LogP contribution in [0, 0.1) is 5.92 Å². The average molecular weight is 292 g/mol. The van der Waals surface area contributed by atoms with Crippen molar-refractivity contribution in [2.75, 3.05) is 26.8 Å². The summed E-state index contributed by atoms with van der Waals surface area (Å²) >= 11 is 0. The summed E-state index contributed by atoms with van der Waals surface area (Å²) in [5, 5.41) is 12.6. The summed E-state index contributed by atoms with van der Waals surface area (Å²) in [6.45, 7) is 3.69. The van der Waals surface area contributed by atoms with Gasteiger partial charge in [-0.2, -0.15) is 0 Å². The van der Waals surface area contributed by atoms with E-state index in [2.05, 4.69) is 5.32 Å². The van der Waals surface area contributed by atoms with Crippen molar-refractivity contribution < 1.29 is 14.6 Å². The highest BCUT2D eigenvalue weighted by atomic mass is 16.5. The molecule has 0 aromatic heterocycles. The molecule has 1 fully saturated rings. The zero-order valence-corrected chi connectivity index (χ0v) is 12.7. The summed E-state index contributed by atoms with van der Waals surface area (Å²) in [5.41, 5.74) is 0.959. The van der Waals surface area contributed by atoms with Gasteiger partial charge in [0, 0.05) is 24.7 Å². The van der Waals surface area contributed by atoms with Crippen LogP contribution in [0.3, 0.4) is 0 Å². The summed E-state index contributed by atoms with van der Waals surface area (Å²) in [5.74, 6) is 0.865. The fourth-order valence-corrected chi connectivity index (χ4v) is 2.86. The number of benzene rings is 1. The van der Waals surface area contributed by atoms with Gasteiger partial charge in [0.1, 0.15) is 5.75 Å². The number of amides is 1. The molecular weight excluding hydrogens is 268 g/mol. The predicted molar refractivity (Wildman–Crippen MR) is 81.1 cm³/mol. The van der Waals surface area contributed by atoms with E-state index in [9.17, 15) is 9.90 Å². The molecule has 0 radical (unpaired) electrons. The van der Waals surface area contributed by atoms with Gasteiger partial charge in [0.05, 0.1) is 19.6 Å². The van der Waals surface area contributed by atoms with Gasteiger partial charge in [-0.1, -0.05) is 18.2 Å². The summed E-state index contributed by atoms with van der Waals surface area (Å²) < 4.78 is 5.34. The van der Waals surface area contributed by atoms with Crippen molar-refractivity contribution in [2.24, 2.45) is 5.92 Å². The number of methoxy groups -OCH3 is 1. The molecule has 1 aromatic rings. The molecule has 2 unspecified atom stereocenters. The normalized spacial score (nSPS) is 21.3. The van der Waals surface area contributed by atoms with Crippen molar-refractivity contribution in [3.63, 3.8) is 0 Å². The minimum Gasteiger partial charge on any atom is -0.496 e. The van der Waals surface area contributed by atoms with Gasteiger partial charge in [-0.15, -0.1) is 0 Å². The lowest BCUT2D eigenvalue weighted by atomic mass is 10.00. The Bertz CT molecular complexity index is 478. The minimum absolute atomic E-state index is 0.00810. The fourth-order valence-electron chi connectivity index (χ4n) is 2.86. The Hall–Kier alpha value is -1.59. The number of para-hydroxylation sites is 1. The first-order valence-corrected chi connectivity index (χ1v) is 7.42. The fraction of sp³-hybridized carbons (Fsp3) is 0.562. The van der Waals surface area contributed by atoms with Crippen molar-refractivity contribution in [3.8, 4) is 5.75 Å². The molecule has 0 bridgehead atoms. The first-order valence-electron chi connectivity index (χ1n) is 7.42. The zero-order valence-electron chi connectivity index (χ0n) is 12.7. The second-order valence-corrected chi connectivity index (χ2v) is 5.43. The monoisotopic (exact) mass is 292 g/mol. The first-order chi connectivity index (χ1) is 10.2. The number of nitrogens with zero attached hydrogens (tertiary/aromatic N) is 1. The first kappa shape index (κ1) is 15.8. The van der Waals surface area contributed by atoms with Gasteiger partial charge in [-0.3, -0.25) is 4.79 Å². The molecule has 0 saturated carbocycles. The Labute approximate surface area is 125 Å². The van der Waals surface area contributed by atoms with Gasteiger partial charge in [0.25, 0.3) is 0 Å². The van der Waals surface area contributed by atoms with Gasteiger partial charge >= 0.3 is 0 Å². The lowest BCUT2D eigenvalue weighted by Crippen LogP contribution is -2.41. The molecule has 2 atom stereocenters. The molecule has 116 valence electrons. The molecule has 5 nitrogen and oxygen atoms in total. The molecule has 1 heterocycles. The highest BCUT2D eigenvalue weighted by Crippen LogP contribution is 2.23. The lowest BCUT2D eigenvalue weighted by molar-refractivity contribution is -0.136. The van der Waals surface area contributed by atoms with Crippen molar-refractivity contribution >= 4 is 5.91 Å². The number of hydrogen-bond donors (Lipinski definition) is 2. The van der Waals surface area contributed by atoms with Crippen molar-refractivity contribution in [1.82, 2.24) is 10.2 Å². The third kappa shape index (κ3) is 3.74. The largest absolute Gasteiger partial charge is 0.496 e. The smallest absolute Gasteiger partial charge is 0.227 e. The number of carbonyl (C=O) groups excluding carboxylic acids is 1. The van der Waals surface area contributed by atoms with Gasteiger partial charge in [0.2, 0.25) is 5.91 Å². The van der Waals surface area contributed by atoms with E-state index < -0.39 is 0 Å². The molecule has 1 saturated heterocycles. The van der Waals surface area contributed by atoms with E-state index in [1.54, 1.807) is 12.0 Å². The number of carbonyl (C=O) groups is 1. The number of hydrogen-bond acceptors (Lipinski definition) is 4. The van der Waals surface area contributed by atoms with Crippen LogP contribution < -0.4 is 10.1 Å². The third-order valence-electron chi connectivity index (χ3n) is 4.08. The molecule has 2 N–H and O–H groups in total. The van der Waals surface area contributed by atoms with Crippen molar-refractivity contribution in [2.45, 2.75) is 25.9 Å². The van der Waals surface area contributed by atoms with Crippen LogP contribution in [0.15, 0.2) is 24.3 Å². The Balaban J connectivity index is 2.13. The topological polar surface area (TPSA) is 61.8 Å². The molecule has 1 aliphatic rings.